The van der Waals surface area contributed by atoms with Crippen LogP contribution in [0.5, 0.6) is 0 Å². The molecule has 0 aliphatic rings. The van der Waals surface area contributed by atoms with Gasteiger partial charge in [-0.25, -0.2) is 0 Å². The van der Waals surface area contributed by atoms with Crippen LogP contribution in [0.15, 0.2) is 273 Å². The number of para-hydroxylation sites is 5. The molecular weight excluding hydrogens is 863 g/mol. The Labute approximate surface area is 407 Å². The summed E-state index contributed by atoms with van der Waals surface area (Å²) in [6.07, 6.45) is 0. The molecule has 3 heterocycles. The molecule has 70 heavy (non-hydrogen) atoms. The molecule has 328 valence electrons. The van der Waals surface area contributed by atoms with Crippen LogP contribution in [0, 0.1) is 0 Å². The lowest BCUT2D eigenvalue weighted by atomic mass is 10.1. The molecule has 4 heteroatoms. The van der Waals surface area contributed by atoms with Gasteiger partial charge in [0.2, 0.25) is 0 Å². The van der Waals surface area contributed by atoms with Gasteiger partial charge in [-0.3, -0.25) is 0 Å². The van der Waals surface area contributed by atoms with Gasteiger partial charge in [0.1, 0.15) is 0 Å². The van der Waals surface area contributed by atoms with Crippen molar-refractivity contribution < 1.29 is 0 Å². The average Bonchev–Trinajstić information content (AvgIpc) is 4.09. The van der Waals surface area contributed by atoms with Crippen LogP contribution in [-0.4, -0.2) is 21.8 Å². The number of nitrogens with zero attached hydrogens (tertiary/aromatic N) is 3. The highest BCUT2D eigenvalue weighted by molar-refractivity contribution is 7.20. The first-order valence-electron chi connectivity index (χ1n) is 24.2. The van der Waals surface area contributed by atoms with E-state index in [1.54, 1.807) is 0 Å². The number of rotatable bonds is 8. The smallest absolute Gasteiger partial charge is 0.181 e. The lowest BCUT2D eigenvalue weighted by molar-refractivity contribution is 1.12. The number of hydrogen-bond acceptors (Lipinski definition) is 0. The molecule has 0 unspecified atom stereocenters. The second kappa shape index (κ2) is 16.1. The van der Waals surface area contributed by atoms with E-state index in [9.17, 15) is 0 Å². The Morgan fingerprint density at radius 3 is 1.21 bits per heavy atom. The van der Waals surface area contributed by atoms with Crippen LogP contribution in [0.2, 0.25) is 0 Å². The molecule has 0 aliphatic heterocycles. The van der Waals surface area contributed by atoms with Gasteiger partial charge in [-0.15, -0.1) is 0 Å². The monoisotopic (exact) mass is 907 g/mol. The van der Waals surface area contributed by atoms with Crippen molar-refractivity contribution in [3.05, 3.63) is 273 Å². The van der Waals surface area contributed by atoms with Crippen molar-refractivity contribution in [3.63, 3.8) is 0 Å². The maximum Gasteiger partial charge on any atom is 0.181 e. The highest BCUT2D eigenvalue weighted by atomic mass is 28.3. The zero-order valence-corrected chi connectivity index (χ0v) is 39.3. The molecule has 3 nitrogen and oxygen atoms in total. The summed E-state index contributed by atoms with van der Waals surface area (Å²) in [5, 5.41) is 12.8. The minimum absolute atomic E-state index is 1.11. The van der Waals surface area contributed by atoms with Crippen molar-refractivity contribution in [1.29, 1.82) is 0 Å². The fourth-order valence-corrected chi connectivity index (χ4v) is 16.8. The molecular formula is C66H45N3Si. The average molecular weight is 908 g/mol. The number of benzene rings is 11. The molecule has 0 fully saturated rings. The lowest BCUT2D eigenvalue weighted by Crippen LogP contribution is -2.75. The summed E-state index contributed by atoms with van der Waals surface area (Å²) >= 11 is 0. The molecule has 0 atom stereocenters. The number of fused-ring (bicyclic) bond motifs is 9. The van der Waals surface area contributed by atoms with Gasteiger partial charge in [0.05, 0.1) is 38.8 Å². The van der Waals surface area contributed by atoms with Gasteiger partial charge in [-0.1, -0.05) is 224 Å². The summed E-state index contributed by atoms with van der Waals surface area (Å²) in [6, 6.07) is 101. The van der Waals surface area contributed by atoms with Crippen molar-refractivity contribution in [3.8, 4) is 28.2 Å². The Hall–Kier alpha value is -8.96. The number of aromatic nitrogens is 3. The van der Waals surface area contributed by atoms with E-state index in [0.29, 0.717) is 0 Å². The normalized spacial score (nSPS) is 12.0. The number of hydrogen-bond donors (Lipinski definition) is 0. The van der Waals surface area contributed by atoms with E-state index in [4.69, 9.17) is 0 Å². The summed E-state index contributed by atoms with van der Waals surface area (Å²) in [4.78, 5) is 0. The summed E-state index contributed by atoms with van der Waals surface area (Å²) in [5.74, 6) is 0. The van der Waals surface area contributed by atoms with E-state index < -0.39 is 8.07 Å². The molecule has 0 saturated heterocycles. The first kappa shape index (κ1) is 40.1. The van der Waals surface area contributed by atoms with Crippen molar-refractivity contribution in [2.24, 2.45) is 0 Å². The van der Waals surface area contributed by atoms with Gasteiger partial charge in [-0.05, 0) is 80.4 Å². The zero-order valence-electron chi connectivity index (χ0n) is 38.3. The molecule has 0 radical (unpaired) electrons. The predicted molar refractivity (Wildman–Crippen MR) is 299 cm³/mol. The molecule has 14 aromatic rings. The molecule has 0 amide bonds. The third kappa shape index (κ3) is 5.94. The van der Waals surface area contributed by atoms with Crippen LogP contribution in [-0.2, 0) is 0 Å². The predicted octanol–water partition coefficient (Wildman–Crippen LogP) is 14.0. The van der Waals surface area contributed by atoms with Crippen LogP contribution < -0.4 is 20.7 Å². The first-order chi connectivity index (χ1) is 34.8. The topological polar surface area (TPSA) is 14.8 Å². The Morgan fingerprint density at radius 2 is 0.643 bits per heavy atom. The van der Waals surface area contributed by atoms with E-state index in [1.165, 1.54) is 91.8 Å². The highest BCUT2D eigenvalue weighted by Gasteiger charge is 2.43. The van der Waals surface area contributed by atoms with Crippen molar-refractivity contribution in [1.82, 2.24) is 13.7 Å². The molecule has 0 bridgehead atoms. The maximum absolute atomic E-state index is 2.98. The van der Waals surface area contributed by atoms with Crippen LogP contribution >= 0.6 is 0 Å². The summed E-state index contributed by atoms with van der Waals surface area (Å²) in [6.45, 7) is 0. The van der Waals surface area contributed by atoms with Gasteiger partial charge in [0.25, 0.3) is 0 Å². The van der Waals surface area contributed by atoms with E-state index in [2.05, 4.69) is 287 Å². The Morgan fingerprint density at radius 1 is 0.243 bits per heavy atom. The fraction of sp³-hybridized carbons (Fsp3) is 0. The standard InChI is InChI=1S/C66H45N3Si/c1-5-21-46(22-6-1)47-39-41-48(42-40-47)67-63-45-49(43-44-56(63)57-32-19-37-62(65(57)67)69-60-35-17-13-29-53(60)54-30-14-18-36-61(54)69)68-59-34-16-15-31-55(59)58-33-20-38-64(66(58)68)70(50-23-7-2-8-24-50,51-25-9-3-10-26-51)52-27-11-4-12-28-52/h1-45H. The van der Waals surface area contributed by atoms with Crippen LogP contribution in [0.1, 0.15) is 0 Å². The second-order valence-corrected chi connectivity index (χ2v) is 22.2. The summed E-state index contributed by atoms with van der Waals surface area (Å²) in [7, 11) is -2.98. The molecule has 3 aromatic heterocycles. The highest BCUT2D eigenvalue weighted by Crippen LogP contribution is 2.42. The van der Waals surface area contributed by atoms with Crippen molar-refractivity contribution in [2.75, 3.05) is 0 Å². The van der Waals surface area contributed by atoms with Gasteiger partial charge >= 0.3 is 0 Å². The molecule has 11 aromatic carbocycles. The quantitative estimate of drug-likeness (QED) is 0.107. The molecule has 0 N–H and O–H groups in total. The molecule has 14 rings (SSSR count). The summed E-state index contributed by atoms with van der Waals surface area (Å²) in [5.41, 5.74) is 12.9. The van der Waals surface area contributed by atoms with Gasteiger partial charge in [0, 0.05) is 43.7 Å². The van der Waals surface area contributed by atoms with Crippen molar-refractivity contribution in [2.45, 2.75) is 0 Å². The van der Waals surface area contributed by atoms with Gasteiger partial charge in [0.15, 0.2) is 8.07 Å². The largest absolute Gasteiger partial charge is 0.309 e. The van der Waals surface area contributed by atoms with E-state index in [0.717, 1.165) is 22.6 Å². The second-order valence-electron chi connectivity index (χ2n) is 18.4. The Balaban J connectivity index is 1.11. The third-order valence-electron chi connectivity index (χ3n) is 14.8. The molecule has 0 aliphatic carbocycles. The van der Waals surface area contributed by atoms with E-state index in [-0.39, 0.29) is 0 Å². The zero-order chi connectivity index (χ0) is 46.2. The fourth-order valence-electron chi connectivity index (χ4n) is 11.9. The van der Waals surface area contributed by atoms with Crippen LogP contribution in [0.25, 0.3) is 93.6 Å². The van der Waals surface area contributed by atoms with Gasteiger partial charge in [-0.2, -0.15) is 0 Å². The maximum atomic E-state index is 2.57. The summed E-state index contributed by atoms with van der Waals surface area (Å²) < 4.78 is 7.57. The SMILES string of the molecule is c1ccc(-c2ccc(-n3c4cc(-n5c6ccccc6c6cccc([Si](c7ccccc7)(c7ccccc7)c7ccccc7)c65)ccc4c4cccc(-n5c6ccccc6c6ccccc65)c43)cc2)cc1. The van der Waals surface area contributed by atoms with E-state index in [1.807, 2.05) is 0 Å². The molecule has 0 spiro atoms. The first-order valence-corrected chi connectivity index (χ1v) is 26.2. The minimum atomic E-state index is -2.98. The van der Waals surface area contributed by atoms with Crippen LogP contribution in [0.4, 0.5) is 0 Å². The van der Waals surface area contributed by atoms with Gasteiger partial charge < -0.3 is 13.7 Å². The molecule has 0 saturated carbocycles. The van der Waals surface area contributed by atoms with Crippen LogP contribution in [0.3, 0.4) is 0 Å². The third-order valence-corrected chi connectivity index (χ3v) is 19.6. The Kier molecular flexibility index (Phi) is 9.23. The van der Waals surface area contributed by atoms with Crippen molar-refractivity contribution >= 4 is 94.2 Å². The van der Waals surface area contributed by atoms with E-state index >= 15 is 0 Å². The Bertz CT molecular complexity index is 4110. The minimum Gasteiger partial charge on any atom is -0.309 e. The lowest BCUT2D eigenvalue weighted by Gasteiger charge is -2.35.